The highest BCUT2D eigenvalue weighted by atomic mass is 16.5. The number of aryl methyl sites for hydroxylation is 2. The smallest absolute Gasteiger partial charge is 0.261 e. The van der Waals surface area contributed by atoms with Crippen LogP contribution in [0.5, 0.6) is 0 Å². The fourth-order valence-electron chi connectivity index (χ4n) is 2.91. The Hall–Kier alpha value is -2.60. The average Bonchev–Trinajstić information content (AvgIpc) is 2.64. The molecule has 6 nitrogen and oxygen atoms in total. The van der Waals surface area contributed by atoms with Gasteiger partial charge < -0.3 is 19.9 Å². The maximum absolute atomic E-state index is 12.3. The summed E-state index contributed by atoms with van der Waals surface area (Å²) in [4.78, 5) is 29.2. The van der Waals surface area contributed by atoms with Crippen LogP contribution in [0.2, 0.25) is 0 Å². The third-order valence-corrected chi connectivity index (χ3v) is 4.49. The minimum absolute atomic E-state index is 0.108. The number of morpholine rings is 1. The fraction of sp³-hybridized carbons (Fsp3) is 0.368. The van der Waals surface area contributed by atoms with E-state index >= 15 is 0 Å². The number of hydrogen-bond donors (Lipinski definition) is 2. The molecule has 2 heterocycles. The summed E-state index contributed by atoms with van der Waals surface area (Å²) in [5, 5.41) is 2.82. The van der Waals surface area contributed by atoms with Gasteiger partial charge in [0.05, 0.1) is 12.7 Å². The highest BCUT2D eigenvalue weighted by Crippen LogP contribution is 2.16. The van der Waals surface area contributed by atoms with Gasteiger partial charge in [0, 0.05) is 31.0 Å². The molecule has 3 rings (SSSR count). The van der Waals surface area contributed by atoms with Crippen molar-refractivity contribution in [2.75, 3.05) is 31.1 Å². The number of para-hydroxylation sites is 1. The largest absolute Gasteiger partial charge is 0.373 e. The van der Waals surface area contributed by atoms with Gasteiger partial charge in [-0.05, 0) is 37.6 Å². The molecule has 0 aliphatic carbocycles. The zero-order valence-corrected chi connectivity index (χ0v) is 14.5. The van der Waals surface area contributed by atoms with Crippen molar-refractivity contribution >= 4 is 11.6 Å². The van der Waals surface area contributed by atoms with Crippen LogP contribution in [0, 0.1) is 13.8 Å². The molecular weight excluding hydrogens is 318 g/mol. The van der Waals surface area contributed by atoms with E-state index in [0.717, 1.165) is 23.5 Å². The summed E-state index contributed by atoms with van der Waals surface area (Å²) < 4.78 is 5.75. The number of nitrogens with one attached hydrogen (secondary N) is 2. The molecule has 1 aliphatic heterocycles. The summed E-state index contributed by atoms with van der Waals surface area (Å²) in [6.07, 6.45) is -0.108. The number of pyridine rings is 1. The first-order valence-electron chi connectivity index (χ1n) is 8.45. The predicted molar refractivity (Wildman–Crippen MR) is 97.3 cm³/mol. The zero-order chi connectivity index (χ0) is 17.8. The lowest BCUT2D eigenvalue weighted by Crippen LogP contribution is -2.48. The molecular formula is C19H23N3O3. The van der Waals surface area contributed by atoms with Gasteiger partial charge in [0.2, 0.25) is 0 Å². The lowest BCUT2D eigenvalue weighted by atomic mass is 10.1. The van der Waals surface area contributed by atoms with Crippen molar-refractivity contribution in [3.63, 3.8) is 0 Å². The summed E-state index contributed by atoms with van der Waals surface area (Å²) in [6, 6.07) is 11.8. The topological polar surface area (TPSA) is 74.4 Å². The lowest BCUT2D eigenvalue weighted by molar-refractivity contribution is 0.0397. The minimum atomic E-state index is -0.371. The van der Waals surface area contributed by atoms with Crippen LogP contribution in [0.15, 0.2) is 41.2 Å². The van der Waals surface area contributed by atoms with Gasteiger partial charge in [0.25, 0.3) is 11.5 Å². The third-order valence-electron chi connectivity index (χ3n) is 4.49. The second kappa shape index (κ2) is 7.53. The number of nitrogens with zero attached hydrogens (tertiary/aromatic N) is 1. The second-order valence-electron chi connectivity index (χ2n) is 6.30. The van der Waals surface area contributed by atoms with E-state index in [4.69, 9.17) is 4.74 Å². The Morgan fingerprint density at radius 2 is 2.08 bits per heavy atom. The molecule has 25 heavy (non-hydrogen) atoms. The first kappa shape index (κ1) is 17.2. The van der Waals surface area contributed by atoms with Crippen molar-refractivity contribution in [1.82, 2.24) is 10.3 Å². The van der Waals surface area contributed by atoms with Crippen molar-refractivity contribution in [3.8, 4) is 0 Å². The maximum atomic E-state index is 12.3. The van der Waals surface area contributed by atoms with Gasteiger partial charge in [-0.3, -0.25) is 9.59 Å². The quantitative estimate of drug-likeness (QED) is 0.886. The molecule has 1 saturated heterocycles. The Bertz CT molecular complexity index is 801. The Morgan fingerprint density at radius 1 is 1.32 bits per heavy atom. The molecule has 1 atom stereocenters. The molecule has 0 spiro atoms. The van der Waals surface area contributed by atoms with Gasteiger partial charge in [-0.25, -0.2) is 0 Å². The molecule has 1 aromatic carbocycles. The molecule has 2 aromatic rings. The number of anilines is 1. The summed E-state index contributed by atoms with van der Waals surface area (Å²) in [5.41, 5.74) is 2.58. The van der Waals surface area contributed by atoms with Crippen LogP contribution in [0.1, 0.15) is 21.6 Å². The molecule has 1 fully saturated rings. The molecule has 1 aromatic heterocycles. The number of carbonyl (C=O) groups excluding carboxylic acids is 1. The van der Waals surface area contributed by atoms with E-state index in [9.17, 15) is 9.59 Å². The molecule has 0 radical (unpaired) electrons. The Balaban J connectivity index is 1.61. The van der Waals surface area contributed by atoms with Gasteiger partial charge in [-0.15, -0.1) is 0 Å². The molecule has 2 N–H and O–H groups in total. The molecule has 0 saturated carbocycles. The van der Waals surface area contributed by atoms with Crippen molar-refractivity contribution in [2.24, 2.45) is 0 Å². The summed E-state index contributed by atoms with van der Waals surface area (Å²) in [5.74, 6) is -0.371. The first-order chi connectivity index (χ1) is 12.0. The number of aromatic amines is 1. The van der Waals surface area contributed by atoms with E-state index in [2.05, 4.69) is 27.3 Å². The van der Waals surface area contributed by atoms with Crippen LogP contribution in [-0.4, -0.2) is 43.2 Å². The summed E-state index contributed by atoms with van der Waals surface area (Å²) >= 11 is 0. The van der Waals surface area contributed by atoms with Crippen LogP contribution in [0.4, 0.5) is 5.69 Å². The van der Waals surface area contributed by atoms with Gasteiger partial charge in [0.15, 0.2) is 0 Å². The standard InChI is InChI=1S/C19H23N3O3/c1-13-10-17(19(24)21-14(13)2)18(23)20-11-16-12-22(8-9-25-16)15-6-4-3-5-7-15/h3-7,10,16H,8-9,11-12H2,1-2H3,(H,20,23)(H,21,24). The fourth-order valence-corrected chi connectivity index (χ4v) is 2.91. The van der Waals surface area contributed by atoms with Crippen LogP contribution >= 0.6 is 0 Å². The number of H-pyrrole nitrogens is 1. The second-order valence-corrected chi connectivity index (χ2v) is 6.30. The molecule has 132 valence electrons. The molecule has 1 aliphatic rings. The van der Waals surface area contributed by atoms with Crippen molar-refractivity contribution in [2.45, 2.75) is 20.0 Å². The van der Waals surface area contributed by atoms with Gasteiger partial charge in [-0.2, -0.15) is 0 Å². The molecule has 6 heteroatoms. The van der Waals surface area contributed by atoms with Gasteiger partial charge in [0.1, 0.15) is 5.56 Å². The zero-order valence-electron chi connectivity index (χ0n) is 14.5. The Morgan fingerprint density at radius 3 is 2.84 bits per heavy atom. The third kappa shape index (κ3) is 4.09. The van der Waals surface area contributed by atoms with Crippen LogP contribution in [-0.2, 0) is 4.74 Å². The van der Waals surface area contributed by atoms with E-state index in [1.165, 1.54) is 0 Å². The average molecular weight is 341 g/mol. The SMILES string of the molecule is Cc1cc(C(=O)NCC2CN(c3ccccc3)CCO2)c(=O)[nH]c1C. The Labute approximate surface area is 146 Å². The predicted octanol–water partition coefficient (Wildman–Crippen LogP) is 1.63. The van der Waals surface area contributed by atoms with E-state index in [1.54, 1.807) is 6.07 Å². The number of rotatable bonds is 4. The number of ether oxygens (including phenoxy) is 1. The molecule has 0 bridgehead atoms. The number of aromatic nitrogens is 1. The summed E-state index contributed by atoms with van der Waals surface area (Å²) in [7, 11) is 0. The molecule has 1 amide bonds. The Kier molecular flexibility index (Phi) is 5.19. The lowest BCUT2D eigenvalue weighted by Gasteiger charge is -2.34. The van der Waals surface area contributed by atoms with Crippen molar-refractivity contribution in [1.29, 1.82) is 0 Å². The van der Waals surface area contributed by atoms with Gasteiger partial charge in [-0.1, -0.05) is 18.2 Å². The highest BCUT2D eigenvalue weighted by Gasteiger charge is 2.22. The van der Waals surface area contributed by atoms with Crippen molar-refractivity contribution < 1.29 is 9.53 Å². The van der Waals surface area contributed by atoms with E-state index in [0.29, 0.717) is 19.7 Å². The maximum Gasteiger partial charge on any atom is 0.261 e. The highest BCUT2D eigenvalue weighted by molar-refractivity contribution is 5.94. The monoisotopic (exact) mass is 341 g/mol. The first-order valence-corrected chi connectivity index (χ1v) is 8.45. The molecule has 1 unspecified atom stereocenters. The van der Waals surface area contributed by atoms with Crippen LogP contribution < -0.4 is 15.8 Å². The van der Waals surface area contributed by atoms with E-state index in [1.807, 2.05) is 32.0 Å². The number of amides is 1. The van der Waals surface area contributed by atoms with Crippen molar-refractivity contribution in [3.05, 3.63) is 63.6 Å². The van der Waals surface area contributed by atoms with E-state index in [-0.39, 0.29) is 23.1 Å². The normalized spacial score (nSPS) is 17.4. The summed E-state index contributed by atoms with van der Waals surface area (Å²) in [6.45, 7) is 6.18. The number of benzene rings is 1. The van der Waals surface area contributed by atoms with Crippen LogP contribution in [0.3, 0.4) is 0 Å². The van der Waals surface area contributed by atoms with E-state index < -0.39 is 0 Å². The minimum Gasteiger partial charge on any atom is -0.373 e. The number of hydrogen-bond acceptors (Lipinski definition) is 4. The number of carbonyl (C=O) groups is 1. The van der Waals surface area contributed by atoms with Crippen LogP contribution in [0.25, 0.3) is 0 Å². The van der Waals surface area contributed by atoms with Gasteiger partial charge >= 0.3 is 0 Å².